The molecule has 0 amide bonds. The Morgan fingerprint density at radius 1 is 0.736 bits per heavy atom. The predicted molar refractivity (Wildman–Crippen MR) is 206 cm³/mol. The van der Waals surface area contributed by atoms with E-state index in [4.69, 9.17) is 23.5 Å². The van der Waals surface area contributed by atoms with Crippen molar-refractivity contribution in [3.05, 3.63) is 60.8 Å². The highest BCUT2D eigenvalue weighted by Gasteiger charge is 2.48. The van der Waals surface area contributed by atoms with Crippen molar-refractivity contribution < 1.29 is 56.2 Å². The monoisotopic (exact) mass is 772 g/mol. The third-order valence-corrected chi connectivity index (χ3v) is 8.87. The highest BCUT2D eigenvalue weighted by Crippen LogP contribution is 2.26. The van der Waals surface area contributed by atoms with Crippen LogP contribution >= 0.6 is 0 Å². The molecule has 6 atom stereocenters. The molecule has 1 aliphatic heterocycles. The number of rotatable bonds is 32. The van der Waals surface area contributed by atoms with E-state index >= 15 is 0 Å². The fourth-order valence-corrected chi connectivity index (χ4v) is 5.97. The van der Waals surface area contributed by atoms with E-state index in [1.165, 1.54) is 0 Å². The van der Waals surface area contributed by atoms with Gasteiger partial charge in [-0.05, 0) is 57.8 Å². The number of aliphatic hydroxyl groups excluding tert-OH is 3. The van der Waals surface area contributed by atoms with Crippen LogP contribution in [0.15, 0.2) is 60.8 Å². The second-order valence-corrected chi connectivity index (χ2v) is 14.2. The SMILES string of the molecule is CC/C=C\C/C=C\C/C=C\C/C=C\C/C=C\CCCCCCOCC(COC1OC(CO)C(O)C(OS(=O)(=O)O)C1O)OC(=O)CCCCCCCC. The Morgan fingerprint density at radius 3 is 1.91 bits per heavy atom. The standard InChI is InChI=1S/C40H68O12S/c1-3-5-7-9-11-12-13-14-15-16-17-18-19-20-21-22-23-24-26-28-30-48-32-34(50-36(42)29-27-25-10-8-6-4-2)33-49-40-38(44)39(52-53(45,46)47)37(43)35(31-41)51-40/h5,7,11-12,14-15,17-18,20-21,34-35,37-41,43-44H,3-4,6,8-10,13,16,19,22-33H2,1-2H3,(H,45,46,47)/b7-5-,12-11-,15-14-,18-17-,21-20-. The molecule has 0 aromatic carbocycles. The average molecular weight is 773 g/mol. The summed E-state index contributed by atoms with van der Waals surface area (Å²) in [7, 11) is -5.06. The minimum atomic E-state index is -5.06. The molecular weight excluding hydrogens is 704 g/mol. The van der Waals surface area contributed by atoms with Gasteiger partial charge in [0.1, 0.15) is 30.5 Å². The van der Waals surface area contributed by atoms with Crippen molar-refractivity contribution in [3.8, 4) is 0 Å². The first-order chi connectivity index (χ1) is 25.6. The van der Waals surface area contributed by atoms with Gasteiger partial charge in [-0.1, -0.05) is 120 Å². The molecule has 0 spiro atoms. The van der Waals surface area contributed by atoms with Crippen LogP contribution in [0.2, 0.25) is 0 Å². The van der Waals surface area contributed by atoms with E-state index in [1.54, 1.807) is 0 Å². The summed E-state index contributed by atoms with van der Waals surface area (Å²) in [5.74, 6) is -0.422. The number of esters is 1. The Kier molecular flexibility index (Phi) is 29.6. The van der Waals surface area contributed by atoms with Gasteiger partial charge < -0.3 is 34.3 Å². The van der Waals surface area contributed by atoms with Crippen molar-refractivity contribution >= 4 is 16.4 Å². The number of unbranched alkanes of at least 4 members (excludes halogenated alkanes) is 9. The van der Waals surface area contributed by atoms with Crippen LogP contribution in [-0.4, -0.2) is 97.5 Å². The number of allylic oxidation sites excluding steroid dienone is 10. The summed E-state index contributed by atoms with van der Waals surface area (Å²) in [5.41, 5.74) is 0. The third-order valence-electron chi connectivity index (χ3n) is 8.40. The maximum absolute atomic E-state index is 12.6. The third kappa shape index (κ3) is 26.3. The first kappa shape index (κ1) is 48.8. The Balaban J connectivity index is 2.42. The summed E-state index contributed by atoms with van der Waals surface area (Å²) in [5, 5.41) is 30.4. The van der Waals surface area contributed by atoms with Gasteiger partial charge in [0.2, 0.25) is 0 Å². The first-order valence-corrected chi connectivity index (χ1v) is 20.9. The second-order valence-electron chi connectivity index (χ2n) is 13.1. The summed E-state index contributed by atoms with van der Waals surface area (Å²) in [6.45, 7) is 3.70. The van der Waals surface area contributed by atoms with E-state index in [9.17, 15) is 28.5 Å². The lowest BCUT2D eigenvalue weighted by Crippen LogP contribution is -2.60. The number of aliphatic hydroxyl groups is 3. The maximum Gasteiger partial charge on any atom is 0.397 e. The molecule has 53 heavy (non-hydrogen) atoms. The molecule has 1 saturated heterocycles. The largest absolute Gasteiger partial charge is 0.457 e. The summed E-state index contributed by atoms with van der Waals surface area (Å²) < 4.78 is 58.6. The minimum Gasteiger partial charge on any atom is -0.457 e. The molecule has 0 radical (unpaired) electrons. The molecule has 13 heteroatoms. The van der Waals surface area contributed by atoms with Crippen molar-refractivity contribution in [3.63, 3.8) is 0 Å². The van der Waals surface area contributed by atoms with Gasteiger partial charge in [-0.3, -0.25) is 9.35 Å². The fourth-order valence-electron chi connectivity index (χ4n) is 5.46. The average Bonchev–Trinajstić information content (AvgIpc) is 3.12. The fraction of sp³-hybridized carbons (Fsp3) is 0.725. The Hall–Kier alpha value is -2.20. The predicted octanol–water partition coefficient (Wildman–Crippen LogP) is 7.01. The Morgan fingerprint density at radius 2 is 1.30 bits per heavy atom. The molecule has 0 bridgehead atoms. The van der Waals surface area contributed by atoms with Crippen LogP contribution in [0.4, 0.5) is 0 Å². The number of ether oxygens (including phenoxy) is 4. The quantitative estimate of drug-likeness (QED) is 0.0238. The van der Waals surface area contributed by atoms with Crippen molar-refractivity contribution in [1.82, 2.24) is 0 Å². The molecule has 1 fully saturated rings. The van der Waals surface area contributed by atoms with Crippen molar-refractivity contribution in [2.45, 2.75) is 160 Å². The smallest absolute Gasteiger partial charge is 0.397 e. The van der Waals surface area contributed by atoms with Crippen LogP contribution in [0.3, 0.4) is 0 Å². The van der Waals surface area contributed by atoms with E-state index in [0.717, 1.165) is 96.3 Å². The van der Waals surface area contributed by atoms with Crippen LogP contribution in [0.25, 0.3) is 0 Å². The number of hydrogen-bond donors (Lipinski definition) is 4. The van der Waals surface area contributed by atoms with Crippen LogP contribution in [0, 0.1) is 0 Å². The molecule has 0 aliphatic carbocycles. The lowest BCUT2D eigenvalue weighted by molar-refractivity contribution is -0.301. The number of hydrogen-bond acceptors (Lipinski definition) is 11. The second kappa shape index (κ2) is 32.1. The van der Waals surface area contributed by atoms with Crippen molar-refractivity contribution in [1.29, 1.82) is 0 Å². The summed E-state index contributed by atoms with van der Waals surface area (Å²) in [6.07, 6.45) is 28.7. The normalized spacial score (nSPS) is 22.0. The molecule has 0 saturated carbocycles. The van der Waals surface area contributed by atoms with E-state index in [-0.39, 0.29) is 19.6 Å². The van der Waals surface area contributed by atoms with Crippen LogP contribution < -0.4 is 0 Å². The van der Waals surface area contributed by atoms with Gasteiger partial charge in [0.15, 0.2) is 6.29 Å². The topological polar surface area (TPSA) is 178 Å². The zero-order valence-electron chi connectivity index (χ0n) is 32.0. The molecule has 1 heterocycles. The molecule has 6 unspecified atom stereocenters. The Bertz CT molecular complexity index is 1170. The van der Waals surface area contributed by atoms with E-state index < -0.39 is 59.8 Å². The van der Waals surface area contributed by atoms with Gasteiger partial charge in [-0.15, -0.1) is 0 Å². The zero-order chi connectivity index (χ0) is 39.0. The van der Waals surface area contributed by atoms with Crippen LogP contribution in [0.5, 0.6) is 0 Å². The van der Waals surface area contributed by atoms with E-state index in [0.29, 0.717) is 13.0 Å². The van der Waals surface area contributed by atoms with Gasteiger partial charge in [0.05, 0.1) is 19.8 Å². The highest BCUT2D eigenvalue weighted by atomic mass is 32.3. The van der Waals surface area contributed by atoms with Gasteiger partial charge in [0, 0.05) is 13.0 Å². The van der Waals surface area contributed by atoms with Gasteiger partial charge in [0.25, 0.3) is 0 Å². The Labute approximate surface area is 318 Å². The van der Waals surface area contributed by atoms with Gasteiger partial charge in [-0.25, -0.2) is 4.18 Å². The summed E-state index contributed by atoms with van der Waals surface area (Å²) in [6, 6.07) is 0. The first-order valence-electron chi connectivity index (χ1n) is 19.5. The van der Waals surface area contributed by atoms with E-state index in [2.05, 4.69) is 78.8 Å². The molecular formula is C40H68O12S. The van der Waals surface area contributed by atoms with Gasteiger partial charge >= 0.3 is 16.4 Å². The van der Waals surface area contributed by atoms with E-state index in [1.807, 2.05) is 0 Å². The van der Waals surface area contributed by atoms with Gasteiger partial charge in [-0.2, -0.15) is 8.42 Å². The van der Waals surface area contributed by atoms with Crippen molar-refractivity contribution in [2.24, 2.45) is 0 Å². The molecule has 4 N–H and O–H groups in total. The number of carbonyl (C=O) groups is 1. The van der Waals surface area contributed by atoms with Crippen molar-refractivity contribution in [2.75, 3.05) is 26.4 Å². The molecule has 0 aromatic heterocycles. The van der Waals surface area contributed by atoms with Crippen LogP contribution in [-0.2, 0) is 38.3 Å². The maximum atomic E-state index is 12.6. The molecule has 0 aromatic rings. The number of carbonyl (C=O) groups excluding carboxylic acids is 1. The molecule has 306 valence electrons. The molecule has 1 aliphatic rings. The van der Waals surface area contributed by atoms with Crippen LogP contribution in [0.1, 0.15) is 123 Å². The lowest BCUT2D eigenvalue weighted by atomic mass is 9.99. The molecule has 1 rings (SSSR count). The zero-order valence-corrected chi connectivity index (χ0v) is 32.9. The summed E-state index contributed by atoms with van der Waals surface area (Å²) >= 11 is 0. The minimum absolute atomic E-state index is 0.0160. The highest BCUT2D eigenvalue weighted by molar-refractivity contribution is 7.80. The molecule has 12 nitrogen and oxygen atoms in total. The lowest BCUT2D eigenvalue weighted by Gasteiger charge is -2.41. The summed E-state index contributed by atoms with van der Waals surface area (Å²) in [4.78, 5) is 12.6.